The largest absolute Gasteiger partial charge is 0.342 e. The van der Waals surface area contributed by atoms with E-state index in [0.29, 0.717) is 11.6 Å². The number of hydrogen-bond acceptors (Lipinski definition) is 2. The van der Waals surface area contributed by atoms with Gasteiger partial charge in [0.05, 0.1) is 6.54 Å². The third-order valence-corrected chi connectivity index (χ3v) is 3.75. The van der Waals surface area contributed by atoms with Crippen LogP contribution in [0.3, 0.4) is 0 Å². The van der Waals surface area contributed by atoms with Gasteiger partial charge in [-0.05, 0) is 17.0 Å². The molecule has 108 valence electrons. The number of carbonyl (C=O) groups excluding carboxylic acids is 2. The Morgan fingerprint density at radius 3 is 2.55 bits per heavy atom. The zero-order valence-electron chi connectivity index (χ0n) is 11.9. The molecule has 2 amide bonds. The van der Waals surface area contributed by atoms with Gasteiger partial charge in [-0.3, -0.25) is 9.59 Å². The molecular weight excluding hydrogens is 276 g/mol. The Morgan fingerprint density at radius 1 is 1.30 bits per heavy atom. The Bertz CT molecular complexity index is 537. The van der Waals surface area contributed by atoms with Crippen molar-refractivity contribution in [1.29, 1.82) is 0 Å². The predicted molar refractivity (Wildman–Crippen MR) is 78.3 cm³/mol. The highest BCUT2D eigenvalue weighted by molar-refractivity contribution is 6.31. The summed E-state index contributed by atoms with van der Waals surface area (Å²) in [5.74, 6) is -0.186. The van der Waals surface area contributed by atoms with Crippen molar-refractivity contribution < 1.29 is 9.59 Å². The Balaban J connectivity index is 2.21. The number of piperazine rings is 1. The van der Waals surface area contributed by atoms with E-state index in [1.165, 1.54) is 0 Å². The normalized spacial score (nSPS) is 20.0. The molecule has 5 heteroatoms. The van der Waals surface area contributed by atoms with Gasteiger partial charge in [-0.2, -0.15) is 0 Å². The van der Waals surface area contributed by atoms with E-state index in [0.717, 1.165) is 5.56 Å². The van der Waals surface area contributed by atoms with Crippen LogP contribution in [0.5, 0.6) is 0 Å². The molecule has 0 bridgehead atoms. The van der Waals surface area contributed by atoms with Crippen LogP contribution in [0.1, 0.15) is 26.3 Å². The summed E-state index contributed by atoms with van der Waals surface area (Å²) in [6, 6.07) is 6.87. The van der Waals surface area contributed by atoms with Gasteiger partial charge in [0.25, 0.3) is 0 Å². The van der Waals surface area contributed by atoms with E-state index >= 15 is 0 Å². The molecule has 1 atom stereocenters. The van der Waals surface area contributed by atoms with Crippen molar-refractivity contribution in [2.24, 2.45) is 5.41 Å². The number of hydrogen-bond donors (Lipinski definition) is 1. The van der Waals surface area contributed by atoms with Gasteiger partial charge in [0.1, 0.15) is 6.04 Å². The number of benzene rings is 1. The van der Waals surface area contributed by atoms with Gasteiger partial charge in [0.2, 0.25) is 11.8 Å². The molecule has 1 aliphatic heterocycles. The third kappa shape index (κ3) is 3.12. The van der Waals surface area contributed by atoms with Gasteiger partial charge in [-0.1, -0.05) is 50.6 Å². The molecule has 0 aliphatic carbocycles. The van der Waals surface area contributed by atoms with Gasteiger partial charge in [-0.25, -0.2) is 0 Å². The van der Waals surface area contributed by atoms with Gasteiger partial charge in [0.15, 0.2) is 0 Å². The monoisotopic (exact) mass is 294 g/mol. The second kappa shape index (κ2) is 5.44. The number of amides is 2. The van der Waals surface area contributed by atoms with Crippen LogP contribution in [-0.4, -0.2) is 29.3 Å². The minimum Gasteiger partial charge on any atom is -0.342 e. The van der Waals surface area contributed by atoms with Crippen molar-refractivity contribution in [3.63, 3.8) is 0 Å². The number of nitrogens with zero attached hydrogens (tertiary/aromatic N) is 1. The first-order chi connectivity index (χ1) is 9.29. The fourth-order valence-electron chi connectivity index (χ4n) is 2.26. The smallest absolute Gasteiger partial charge is 0.246 e. The van der Waals surface area contributed by atoms with Gasteiger partial charge in [0, 0.05) is 11.6 Å². The van der Waals surface area contributed by atoms with E-state index in [1.54, 1.807) is 11.0 Å². The summed E-state index contributed by atoms with van der Waals surface area (Å²) in [7, 11) is 0. The maximum absolute atomic E-state index is 12.5. The minimum atomic E-state index is -0.494. The van der Waals surface area contributed by atoms with Crippen molar-refractivity contribution in [3.8, 4) is 0 Å². The highest BCUT2D eigenvalue weighted by atomic mass is 35.5. The Kier molecular flexibility index (Phi) is 4.04. The van der Waals surface area contributed by atoms with Gasteiger partial charge >= 0.3 is 0 Å². The highest BCUT2D eigenvalue weighted by Crippen LogP contribution is 2.25. The first kappa shape index (κ1) is 14.9. The molecule has 20 heavy (non-hydrogen) atoms. The SMILES string of the molecule is CC(C)(C)C1NC(=O)CN(Cc2ccccc2Cl)C1=O. The van der Waals surface area contributed by atoms with E-state index < -0.39 is 6.04 Å². The average Bonchev–Trinajstić information content (AvgIpc) is 2.34. The highest BCUT2D eigenvalue weighted by Gasteiger charge is 2.39. The molecule has 1 heterocycles. The predicted octanol–water partition coefficient (Wildman–Crippen LogP) is 2.21. The molecule has 1 unspecified atom stereocenters. The Hall–Kier alpha value is -1.55. The Morgan fingerprint density at radius 2 is 1.95 bits per heavy atom. The summed E-state index contributed by atoms with van der Waals surface area (Å²) < 4.78 is 0. The fourth-order valence-corrected chi connectivity index (χ4v) is 2.45. The van der Waals surface area contributed by atoms with Crippen molar-refractivity contribution >= 4 is 23.4 Å². The summed E-state index contributed by atoms with van der Waals surface area (Å²) in [5.41, 5.74) is 0.538. The molecule has 2 rings (SSSR count). The summed E-state index contributed by atoms with van der Waals surface area (Å²) in [5, 5.41) is 3.38. The molecule has 1 aromatic rings. The molecule has 1 aliphatic rings. The maximum Gasteiger partial charge on any atom is 0.246 e. The minimum absolute atomic E-state index is 0.0583. The summed E-state index contributed by atoms with van der Waals surface area (Å²) in [6.45, 7) is 6.26. The second-order valence-electron chi connectivity index (χ2n) is 6.15. The molecule has 1 fully saturated rings. The fraction of sp³-hybridized carbons (Fsp3) is 0.467. The quantitative estimate of drug-likeness (QED) is 0.909. The van der Waals surface area contributed by atoms with Crippen LogP contribution in [0, 0.1) is 5.41 Å². The maximum atomic E-state index is 12.5. The molecule has 0 saturated carbocycles. The molecule has 0 spiro atoms. The van der Waals surface area contributed by atoms with Crippen molar-refractivity contribution in [3.05, 3.63) is 34.9 Å². The van der Waals surface area contributed by atoms with Crippen LogP contribution in [0.4, 0.5) is 0 Å². The van der Waals surface area contributed by atoms with Crippen molar-refractivity contribution in [1.82, 2.24) is 10.2 Å². The lowest BCUT2D eigenvalue weighted by atomic mass is 9.84. The topological polar surface area (TPSA) is 49.4 Å². The van der Waals surface area contributed by atoms with Crippen LogP contribution in [0.2, 0.25) is 5.02 Å². The van der Waals surface area contributed by atoms with E-state index in [1.807, 2.05) is 39.0 Å². The first-order valence-corrected chi connectivity index (χ1v) is 6.98. The molecule has 1 N–H and O–H groups in total. The zero-order chi connectivity index (χ0) is 14.9. The lowest BCUT2D eigenvalue weighted by Gasteiger charge is -2.39. The first-order valence-electron chi connectivity index (χ1n) is 6.60. The van der Waals surface area contributed by atoms with E-state index in [4.69, 9.17) is 11.6 Å². The van der Waals surface area contributed by atoms with Crippen LogP contribution in [-0.2, 0) is 16.1 Å². The van der Waals surface area contributed by atoms with Crippen molar-refractivity contribution in [2.75, 3.05) is 6.54 Å². The second-order valence-corrected chi connectivity index (χ2v) is 6.56. The van der Waals surface area contributed by atoms with Gasteiger partial charge < -0.3 is 10.2 Å². The third-order valence-electron chi connectivity index (χ3n) is 3.38. The standard InChI is InChI=1S/C15H19ClN2O2/c1-15(2,3)13-14(20)18(9-12(19)17-13)8-10-6-4-5-7-11(10)16/h4-7,13H,8-9H2,1-3H3,(H,17,19). The lowest BCUT2D eigenvalue weighted by molar-refractivity contribution is -0.147. The summed E-state index contributed by atoms with van der Waals surface area (Å²) >= 11 is 6.12. The van der Waals surface area contributed by atoms with Crippen LogP contribution >= 0.6 is 11.6 Å². The number of nitrogens with one attached hydrogen (secondary N) is 1. The lowest BCUT2D eigenvalue weighted by Crippen LogP contribution is -2.61. The Labute approximate surface area is 124 Å². The van der Waals surface area contributed by atoms with E-state index in [2.05, 4.69) is 5.32 Å². The molecular formula is C15H19ClN2O2. The summed E-state index contributed by atoms with van der Waals surface area (Å²) in [6.07, 6.45) is 0. The van der Waals surface area contributed by atoms with Crippen LogP contribution in [0.25, 0.3) is 0 Å². The molecule has 1 saturated heterocycles. The average molecular weight is 295 g/mol. The van der Waals surface area contributed by atoms with Crippen LogP contribution < -0.4 is 5.32 Å². The van der Waals surface area contributed by atoms with Crippen molar-refractivity contribution in [2.45, 2.75) is 33.4 Å². The van der Waals surface area contributed by atoms with Crippen LogP contribution in [0.15, 0.2) is 24.3 Å². The molecule has 1 aromatic carbocycles. The number of halogens is 1. The van der Waals surface area contributed by atoms with Gasteiger partial charge in [-0.15, -0.1) is 0 Å². The van der Waals surface area contributed by atoms with E-state index in [-0.39, 0.29) is 23.8 Å². The zero-order valence-corrected chi connectivity index (χ0v) is 12.7. The van der Waals surface area contributed by atoms with E-state index in [9.17, 15) is 9.59 Å². The molecule has 0 aromatic heterocycles. The molecule has 4 nitrogen and oxygen atoms in total. The summed E-state index contributed by atoms with van der Waals surface area (Å²) in [4.78, 5) is 25.9. The number of rotatable bonds is 2. The molecule has 0 radical (unpaired) electrons. The number of carbonyl (C=O) groups is 2.